The highest BCUT2D eigenvalue weighted by atomic mass is 79.9. The molecule has 1 N–H and O–H groups in total. The molecule has 1 aromatic carbocycles. The second-order valence-corrected chi connectivity index (χ2v) is 5.76. The number of nitrogens with one attached hydrogen (secondary N) is 1. The Hall–Kier alpha value is -1.61. The number of alkyl carbamates (subject to hydrolysis) is 1. The quantitative estimate of drug-likeness (QED) is 0.623. The first-order valence-electron chi connectivity index (χ1n) is 5.79. The lowest BCUT2D eigenvalue weighted by atomic mass is 10.2. The standard InChI is InChI=1S/C14H14BrF2NO2/c1-14(2,3)20-13(19)18-6-4-5-9-7-12(17)10(15)8-11(9)16/h7-8H,6H2,1-3H3,(H,18,19). The summed E-state index contributed by atoms with van der Waals surface area (Å²) in [5.74, 6) is 3.73. The van der Waals surface area contributed by atoms with Gasteiger partial charge < -0.3 is 10.1 Å². The van der Waals surface area contributed by atoms with Crippen molar-refractivity contribution in [1.29, 1.82) is 0 Å². The largest absolute Gasteiger partial charge is 0.444 e. The fourth-order valence-electron chi connectivity index (χ4n) is 1.19. The summed E-state index contributed by atoms with van der Waals surface area (Å²) in [4.78, 5) is 11.3. The molecule has 0 aliphatic carbocycles. The molecule has 0 aliphatic rings. The summed E-state index contributed by atoms with van der Waals surface area (Å²) in [6.45, 7) is 5.18. The van der Waals surface area contributed by atoms with Crippen molar-refractivity contribution in [2.24, 2.45) is 0 Å². The Labute approximate surface area is 124 Å². The normalized spacial score (nSPS) is 10.5. The van der Waals surface area contributed by atoms with Crippen LogP contribution in [0.3, 0.4) is 0 Å². The molecule has 20 heavy (non-hydrogen) atoms. The minimum Gasteiger partial charge on any atom is -0.444 e. The molecule has 0 saturated carbocycles. The topological polar surface area (TPSA) is 38.3 Å². The minimum absolute atomic E-state index is 0.0218. The van der Waals surface area contributed by atoms with Gasteiger partial charge in [-0.05, 0) is 48.8 Å². The van der Waals surface area contributed by atoms with Crippen LogP contribution in [-0.4, -0.2) is 18.2 Å². The van der Waals surface area contributed by atoms with Crippen LogP contribution in [0.15, 0.2) is 16.6 Å². The van der Waals surface area contributed by atoms with Gasteiger partial charge in [0.2, 0.25) is 0 Å². The van der Waals surface area contributed by atoms with Crippen molar-refractivity contribution in [1.82, 2.24) is 5.32 Å². The van der Waals surface area contributed by atoms with E-state index in [1.165, 1.54) is 0 Å². The number of carbonyl (C=O) groups excluding carboxylic acids is 1. The summed E-state index contributed by atoms with van der Waals surface area (Å²) in [6.07, 6.45) is -0.616. The molecule has 0 saturated heterocycles. The van der Waals surface area contributed by atoms with E-state index < -0.39 is 23.3 Å². The van der Waals surface area contributed by atoms with Crippen molar-refractivity contribution in [3.8, 4) is 11.8 Å². The molecule has 1 aromatic rings. The van der Waals surface area contributed by atoms with E-state index in [1.807, 2.05) is 0 Å². The molecule has 0 atom stereocenters. The fourth-order valence-corrected chi connectivity index (χ4v) is 1.50. The molecule has 0 aliphatic heterocycles. The van der Waals surface area contributed by atoms with Crippen molar-refractivity contribution in [2.45, 2.75) is 26.4 Å². The summed E-state index contributed by atoms with van der Waals surface area (Å²) in [7, 11) is 0. The molecule has 0 bridgehead atoms. The zero-order valence-corrected chi connectivity index (χ0v) is 12.9. The first-order chi connectivity index (χ1) is 9.19. The number of benzene rings is 1. The molecule has 6 heteroatoms. The molecule has 0 fully saturated rings. The van der Waals surface area contributed by atoms with Crippen molar-refractivity contribution < 1.29 is 18.3 Å². The molecular weight excluding hydrogens is 332 g/mol. The van der Waals surface area contributed by atoms with Gasteiger partial charge in [0.1, 0.15) is 17.2 Å². The molecule has 0 heterocycles. The van der Waals surface area contributed by atoms with E-state index in [2.05, 4.69) is 33.1 Å². The fraction of sp³-hybridized carbons (Fsp3) is 0.357. The van der Waals surface area contributed by atoms with Crippen LogP contribution < -0.4 is 5.32 Å². The SMILES string of the molecule is CC(C)(C)OC(=O)NCC#Cc1cc(F)c(Br)cc1F. The minimum atomic E-state index is -0.636. The van der Waals surface area contributed by atoms with Gasteiger partial charge in [-0.3, -0.25) is 0 Å². The summed E-state index contributed by atoms with van der Waals surface area (Å²) in [5.41, 5.74) is -0.671. The van der Waals surface area contributed by atoms with Gasteiger partial charge in [-0.25, -0.2) is 13.6 Å². The number of hydrogen-bond acceptors (Lipinski definition) is 2. The lowest BCUT2D eigenvalue weighted by molar-refractivity contribution is 0.0535. The van der Waals surface area contributed by atoms with Crippen LogP contribution in [-0.2, 0) is 4.74 Å². The summed E-state index contributed by atoms with van der Waals surface area (Å²) in [5, 5.41) is 2.39. The predicted molar refractivity (Wildman–Crippen MR) is 75.2 cm³/mol. The van der Waals surface area contributed by atoms with E-state index in [1.54, 1.807) is 20.8 Å². The number of halogens is 3. The van der Waals surface area contributed by atoms with Crippen LogP contribution in [0.25, 0.3) is 0 Å². The van der Waals surface area contributed by atoms with Gasteiger partial charge in [0, 0.05) is 0 Å². The van der Waals surface area contributed by atoms with Crippen molar-refractivity contribution in [2.75, 3.05) is 6.54 Å². The Bertz CT molecular complexity index is 571. The number of rotatable bonds is 1. The monoisotopic (exact) mass is 345 g/mol. The van der Waals surface area contributed by atoms with Crippen LogP contribution in [0.2, 0.25) is 0 Å². The van der Waals surface area contributed by atoms with Crippen molar-refractivity contribution in [3.63, 3.8) is 0 Å². The van der Waals surface area contributed by atoms with Gasteiger partial charge in [-0.15, -0.1) is 0 Å². The van der Waals surface area contributed by atoms with E-state index in [9.17, 15) is 13.6 Å². The second-order valence-electron chi connectivity index (χ2n) is 4.90. The maximum Gasteiger partial charge on any atom is 0.408 e. The zero-order valence-electron chi connectivity index (χ0n) is 11.3. The van der Waals surface area contributed by atoms with E-state index in [-0.39, 0.29) is 16.6 Å². The molecule has 3 nitrogen and oxygen atoms in total. The van der Waals surface area contributed by atoms with E-state index in [0.29, 0.717) is 0 Å². The Morgan fingerprint density at radius 3 is 2.60 bits per heavy atom. The van der Waals surface area contributed by atoms with Crippen LogP contribution in [0.4, 0.5) is 13.6 Å². The molecule has 0 unspecified atom stereocenters. The predicted octanol–water partition coefficient (Wildman–Crippen LogP) is 3.60. The van der Waals surface area contributed by atoms with E-state index in [4.69, 9.17) is 4.74 Å². The summed E-state index contributed by atoms with van der Waals surface area (Å²) >= 11 is 2.87. The van der Waals surface area contributed by atoms with E-state index in [0.717, 1.165) is 12.1 Å². The van der Waals surface area contributed by atoms with E-state index >= 15 is 0 Å². The maximum atomic E-state index is 13.4. The third-order valence-corrected chi connectivity index (χ3v) is 2.56. The van der Waals surface area contributed by atoms with Gasteiger partial charge in [0.05, 0.1) is 16.6 Å². The highest BCUT2D eigenvalue weighted by molar-refractivity contribution is 9.10. The van der Waals surface area contributed by atoms with Crippen molar-refractivity contribution >= 4 is 22.0 Å². The molecule has 0 aromatic heterocycles. The molecule has 0 spiro atoms. The third kappa shape index (κ3) is 5.57. The number of ether oxygens (including phenoxy) is 1. The smallest absolute Gasteiger partial charge is 0.408 e. The maximum absolute atomic E-state index is 13.4. The average Bonchev–Trinajstić information content (AvgIpc) is 2.28. The van der Waals surface area contributed by atoms with Crippen LogP contribution in [0.5, 0.6) is 0 Å². The van der Waals surface area contributed by atoms with Crippen LogP contribution in [0, 0.1) is 23.5 Å². The second kappa shape index (κ2) is 6.71. The first-order valence-corrected chi connectivity index (χ1v) is 6.58. The summed E-state index contributed by atoms with van der Waals surface area (Å²) < 4.78 is 31.7. The Morgan fingerprint density at radius 1 is 1.35 bits per heavy atom. The third-order valence-electron chi connectivity index (χ3n) is 1.95. The van der Waals surface area contributed by atoms with Crippen molar-refractivity contribution in [3.05, 3.63) is 33.8 Å². The van der Waals surface area contributed by atoms with Gasteiger partial charge in [-0.1, -0.05) is 11.8 Å². The zero-order chi connectivity index (χ0) is 15.3. The lowest BCUT2D eigenvalue weighted by Gasteiger charge is -2.18. The van der Waals surface area contributed by atoms with Gasteiger partial charge in [-0.2, -0.15) is 0 Å². The lowest BCUT2D eigenvalue weighted by Crippen LogP contribution is -2.32. The van der Waals surface area contributed by atoms with Gasteiger partial charge >= 0.3 is 6.09 Å². The molecule has 108 valence electrons. The number of hydrogen-bond donors (Lipinski definition) is 1. The van der Waals surface area contributed by atoms with Crippen LogP contribution >= 0.6 is 15.9 Å². The average molecular weight is 346 g/mol. The Morgan fingerprint density at radius 2 is 2.00 bits per heavy atom. The molecule has 0 radical (unpaired) electrons. The highest BCUT2D eigenvalue weighted by Gasteiger charge is 2.15. The Kier molecular flexibility index (Phi) is 5.52. The van der Waals surface area contributed by atoms with Gasteiger partial charge in [0.25, 0.3) is 0 Å². The highest BCUT2D eigenvalue weighted by Crippen LogP contribution is 2.19. The first kappa shape index (κ1) is 16.4. The molecular formula is C14H14BrF2NO2. The van der Waals surface area contributed by atoms with Gasteiger partial charge in [0.15, 0.2) is 0 Å². The van der Waals surface area contributed by atoms with Crippen LogP contribution in [0.1, 0.15) is 26.3 Å². The Balaban J connectivity index is 2.60. The number of carbonyl (C=O) groups is 1. The number of amides is 1. The molecule has 1 rings (SSSR count). The molecule has 1 amide bonds. The summed E-state index contributed by atoms with van der Waals surface area (Å²) in [6, 6.07) is 1.99.